The number of hydrogen-bond acceptors (Lipinski definition) is 3. The van der Waals surface area contributed by atoms with Gasteiger partial charge in [0.05, 0.1) is 0 Å². The number of nitrogens with zero attached hydrogens (tertiary/aromatic N) is 2. The van der Waals surface area contributed by atoms with E-state index in [1.165, 1.54) is 39.0 Å². The molecule has 4 aliphatic carbocycles. The first-order chi connectivity index (χ1) is 24.8. The summed E-state index contributed by atoms with van der Waals surface area (Å²) in [7, 11) is 0. The third kappa shape index (κ3) is 5.77. The summed E-state index contributed by atoms with van der Waals surface area (Å²) in [5.41, 5.74) is 13.8. The highest BCUT2D eigenvalue weighted by Crippen LogP contribution is 2.49. The number of rotatable bonds is 6. The van der Waals surface area contributed by atoms with Crippen LogP contribution in [0.2, 0.25) is 0 Å². The summed E-state index contributed by atoms with van der Waals surface area (Å²) in [6.07, 6.45) is 23.8. The van der Waals surface area contributed by atoms with Crippen LogP contribution in [-0.4, -0.2) is 11.7 Å². The molecule has 3 nitrogen and oxygen atoms in total. The van der Waals surface area contributed by atoms with Crippen molar-refractivity contribution < 1.29 is 0 Å². The summed E-state index contributed by atoms with van der Waals surface area (Å²) in [6, 6.07) is 39.0. The zero-order valence-corrected chi connectivity index (χ0v) is 28.3. The molecule has 0 radical (unpaired) electrons. The van der Waals surface area contributed by atoms with Gasteiger partial charge in [-0.05, 0) is 76.6 Å². The highest BCUT2D eigenvalue weighted by Gasteiger charge is 2.36. The van der Waals surface area contributed by atoms with Crippen molar-refractivity contribution in [1.29, 1.82) is 0 Å². The van der Waals surface area contributed by atoms with Crippen LogP contribution >= 0.6 is 0 Å². The van der Waals surface area contributed by atoms with E-state index < -0.39 is 0 Å². The molecule has 0 bridgehead atoms. The molecule has 1 heterocycles. The van der Waals surface area contributed by atoms with Gasteiger partial charge in [-0.2, -0.15) is 0 Å². The lowest BCUT2D eigenvalue weighted by atomic mass is 9.67. The van der Waals surface area contributed by atoms with Crippen molar-refractivity contribution in [2.24, 2.45) is 15.9 Å². The van der Waals surface area contributed by atoms with Gasteiger partial charge in [-0.25, -0.2) is 9.98 Å². The SMILES string of the molecule is C1=CC(C2=CC=C(C3=NC(c4ccccc4)N=C(c4ccccc4)N3)CC2c2cccc3c2C2=C(C=CCC2)CC3)C(c2ccccc2)C=C1. The van der Waals surface area contributed by atoms with Gasteiger partial charge in [0, 0.05) is 23.3 Å². The van der Waals surface area contributed by atoms with Crippen LogP contribution in [0.15, 0.2) is 185 Å². The van der Waals surface area contributed by atoms with Crippen molar-refractivity contribution in [3.8, 4) is 0 Å². The molecule has 0 fully saturated rings. The number of allylic oxidation sites excluding steroid dienone is 11. The Labute approximate surface area is 295 Å². The summed E-state index contributed by atoms with van der Waals surface area (Å²) < 4.78 is 0. The van der Waals surface area contributed by atoms with Crippen LogP contribution in [0.1, 0.15) is 77.1 Å². The summed E-state index contributed by atoms with van der Waals surface area (Å²) >= 11 is 0. The van der Waals surface area contributed by atoms with Crippen LogP contribution in [0.25, 0.3) is 5.57 Å². The van der Waals surface area contributed by atoms with E-state index in [0.29, 0.717) is 0 Å². The van der Waals surface area contributed by atoms with Crippen LogP contribution in [-0.2, 0) is 6.42 Å². The molecule has 3 heteroatoms. The Kier molecular flexibility index (Phi) is 8.18. The first-order valence-electron chi connectivity index (χ1n) is 18.1. The topological polar surface area (TPSA) is 36.8 Å². The monoisotopic (exact) mass is 647 g/mol. The van der Waals surface area contributed by atoms with E-state index in [4.69, 9.17) is 9.98 Å². The molecule has 4 aromatic rings. The minimum atomic E-state index is -0.313. The quantitative estimate of drug-likeness (QED) is 0.222. The minimum absolute atomic E-state index is 0.203. The zero-order chi connectivity index (χ0) is 33.3. The lowest BCUT2D eigenvalue weighted by Crippen LogP contribution is -2.37. The van der Waals surface area contributed by atoms with E-state index in [1.54, 1.807) is 5.57 Å². The highest BCUT2D eigenvalue weighted by molar-refractivity contribution is 6.16. The predicted octanol–water partition coefficient (Wildman–Crippen LogP) is 10.7. The van der Waals surface area contributed by atoms with Gasteiger partial charge in [-0.3, -0.25) is 0 Å². The van der Waals surface area contributed by atoms with Crippen molar-refractivity contribution in [3.63, 3.8) is 0 Å². The van der Waals surface area contributed by atoms with E-state index in [9.17, 15) is 0 Å². The smallest absolute Gasteiger partial charge is 0.169 e. The summed E-state index contributed by atoms with van der Waals surface area (Å²) in [5, 5.41) is 3.71. The molecular weight excluding hydrogens is 607 g/mol. The highest BCUT2D eigenvalue weighted by atomic mass is 15.2. The molecule has 244 valence electrons. The van der Waals surface area contributed by atoms with Crippen molar-refractivity contribution in [1.82, 2.24) is 5.32 Å². The number of nitrogens with one attached hydrogen (secondary N) is 1. The second-order valence-electron chi connectivity index (χ2n) is 13.9. The van der Waals surface area contributed by atoms with Gasteiger partial charge >= 0.3 is 0 Å². The normalized spacial score (nSPS) is 23.9. The van der Waals surface area contributed by atoms with Crippen LogP contribution in [0, 0.1) is 5.92 Å². The average Bonchev–Trinajstić information content (AvgIpc) is 3.21. The van der Waals surface area contributed by atoms with Crippen LogP contribution in [0.3, 0.4) is 0 Å². The van der Waals surface area contributed by atoms with Gasteiger partial charge < -0.3 is 5.32 Å². The summed E-state index contributed by atoms with van der Waals surface area (Å²) in [5.74, 6) is 2.51. The van der Waals surface area contributed by atoms with E-state index >= 15 is 0 Å². The Morgan fingerprint density at radius 1 is 0.620 bits per heavy atom. The number of aliphatic imine (C=N–C) groups is 2. The average molecular weight is 648 g/mol. The lowest BCUT2D eigenvalue weighted by molar-refractivity contribution is 0.589. The van der Waals surface area contributed by atoms with Crippen molar-refractivity contribution in [3.05, 3.63) is 208 Å². The standard InChI is InChI=1S/C47H41N3/c1-4-15-32(16-5-1)38-23-12-13-25-40(38)41-30-29-37(31-43(41)42-26-14-22-34-28-27-33-17-10-11-24-39(33)44(34)42)47-49-45(35-18-6-2-7-19-35)48-46(50-47)36-20-8-3-9-21-36/h1-10,12-23,25-26,29-30,38,40,43,45H,11,24,27-28,31H2,(H,48,49,50). The van der Waals surface area contributed by atoms with Gasteiger partial charge in [0.25, 0.3) is 0 Å². The molecule has 9 rings (SSSR count). The molecule has 0 amide bonds. The van der Waals surface area contributed by atoms with Gasteiger partial charge in [0.1, 0.15) is 11.7 Å². The van der Waals surface area contributed by atoms with Gasteiger partial charge in [-0.1, -0.05) is 163 Å². The lowest BCUT2D eigenvalue weighted by Gasteiger charge is -2.37. The first kappa shape index (κ1) is 30.5. The minimum Gasteiger partial charge on any atom is -0.325 e. The molecule has 1 aliphatic heterocycles. The summed E-state index contributed by atoms with van der Waals surface area (Å²) in [6.45, 7) is 0. The molecule has 4 unspecified atom stereocenters. The fourth-order valence-corrected chi connectivity index (χ4v) is 8.57. The van der Waals surface area contributed by atoms with Crippen LogP contribution in [0.4, 0.5) is 0 Å². The number of benzene rings is 4. The molecular formula is C47H41N3. The third-order valence-corrected chi connectivity index (χ3v) is 11.0. The number of hydrogen-bond donors (Lipinski definition) is 1. The molecule has 5 aliphatic rings. The second-order valence-corrected chi connectivity index (χ2v) is 13.9. The fraction of sp³-hybridized carbons (Fsp3) is 0.191. The van der Waals surface area contributed by atoms with Crippen molar-refractivity contribution in [2.45, 2.75) is 50.1 Å². The summed E-state index contributed by atoms with van der Waals surface area (Å²) in [4.78, 5) is 10.4. The third-order valence-electron chi connectivity index (χ3n) is 11.0. The van der Waals surface area contributed by atoms with Crippen molar-refractivity contribution >= 4 is 17.2 Å². The van der Waals surface area contributed by atoms with E-state index in [2.05, 4.69) is 163 Å². The molecule has 4 aromatic carbocycles. The Hall–Kier alpha value is -5.54. The molecule has 0 saturated carbocycles. The maximum atomic E-state index is 5.31. The molecule has 0 spiro atoms. The molecule has 0 saturated heterocycles. The predicted molar refractivity (Wildman–Crippen MR) is 207 cm³/mol. The maximum Gasteiger partial charge on any atom is 0.169 e. The Bertz CT molecular complexity index is 2160. The zero-order valence-electron chi connectivity index (χ0n) is 28.3. The Morgan fingerprint density at radius 3 is 2.14 bits per heavy atom. The first-order valence-corrected chi connectivity index (χ1v) is 18.1. The van der Waals surface area contributed by atoms with Crippen LogP contribution in [0.5, 0.6) is 0 Å². The molecule has 4 atom stereocenters. The largest absolute Gasteiger partial charge is 0.325 e. The second kappa shape index (κ2) is 13.4. The van der Waals surface area contributed by atoms with E-state index in [-0.39, 0.29) is 23.9 Å². The van der Waals surface area contributed by atoms with Gasteiger partial charge in [0.15, 0.2) is 6.17 Å². The Balaban J connectivity index is 1.18. The number of fused-ring (bicyclic) bond motifs is 2. The Morgan fingerprint density at radius 2 is 1.34 bits per heavy atom. The maximum absolute atomic E-state index is 5.31. The van der Waals surface area contributed by atoms with Crippen molar-refractivity contribution in [2.75, 3.05) is 0 Å². The fourth-order valence-electron chi connectivity index (χ4n) is 8.57. The molecule has 50 heavy (non-hydrogen) atoms. The van der Waals surface area contributed by atoms with Crippen LogP contribution < -0.4 is 5.32 Å². The van der Waals surface area contributed by atoms with E-state index in [1.807, 2.05) is 0 Å². The molecule has 1 N–H and O–H groups in total. The number of amidine groups is 2. The number of aryl methyl sites for hydroxylation is 1. The molecule has 0 aromatic heterocycles. The van der Waals surface area contributed by atoms with E-state index in [0.717, 1.165) is 54.9 Å². The van der Waals surface area contributed by atoms with Gasteiger partial charge in [-0.15, -0.1) is 0 Å². The van der Waals surface area contributed by atoms with Gasteiger partial charge in [0.2, 0.25) is 0 Å².